The van der Waals surface area contributed by atoms with Gasteiger partial charge in [0.1, 0.15) is 0 Å². The van der Waals surface area contributed by atoms with Crippen molar-refractivity contribution in [2.24, 2.45) is 0 Å². The molecule has 0 saturated carbocycles. The third-order valence-corrected chi connectivity index (χ3v) is 3.58. The minimum absolute atomic E-state index is 0.119. The molecule has 0 unspecified atom stereocenters. The van der Waals surface area contributed by atoms with Crippen molar-refractivity contribution in [2.75, 3.05) is 18.4 Å². The van der Waals surface area contributed by atoms with Gasteiger partial charge in [0.05, 0.1) is 23.4 Å². The number of esters is 1. The summed E-state index contributed by atoms with van der Waals surface area (Å²) in [7, 11) is -2.47. The van der Waals surface area contributed by atoms with Gasteiger partial charge in [-0.1, -0.05) is 18.5 Å². The summed E-state index contributed by atoms with van der Waals surface area (Å²) in [5.74, 6) is -0.571. The van der Waals surface area contributed by atoms with Crippen LogP contribution >= 0.6 is 11.6 Å². The van der Waals surface area contributed by atoms with E-state index in [1.54, 1.807) is 0 Å². The lowest BCUT2D eigenvalue weighted by Gasteiger charge is -2.11. The molecule has 2 N–H and O–H groups in total. The highest BCUT2D eigenvalue weighted by Crippen LogP contribution is 2.24. The number of carbonyl (C=O) groups is 1. The molecule has 0 atom stereocenters. The standard InChI is InChI=1S/C11H15ClN2O4S/c1-3-6-13-19(16,17)14-10-7-8(11(15)18-2)4-5-9(10)12/h4-5,7,13-14H,3,6H2,1-2H3. The lowest BCUT2D eigenvalue weighted by atomic mass is 10.2. The molecule has 6 nitrogen and oxygen atoms in total. The minimum atomic E-state index is -3.71. The van der Waals surface area contributed by atoms with Crippen LogP contribution in [-0.4, -0.2) is 28.0 Å². The van der Waals surface area contributed by atoms with Crippen molar-refractivity contribution in [3.63, 3.8) is 0 Å². The molecule has 0 aliphatic heterocycles. The summed E-state index contributed by atoms with van der Waals surface area (Å²) in [6, 6.07) is 4.19. The molecule has 19 heavy (non-hydrogen) atoms. The summed E-state index contributed by atoms with van der Waals surface area (Å²) in [6.07, 6.45) is 0.664. The molecule has 8 heteroatoms. The van der Waals surface area contributed by atoms with Gasteiger partial charge in [0.25, 0.3) is 10.2 Å². The predicted octanol–water partition coefficient (Wildman–Crippen LogP) is 1.78. The number of hydrogen-bond donors (Lipinski definition) is 2. The van der Waals surface area contributed by atoms with E-state index in [0.29, 0.717) is 13.0 Å². The van der Waals surface area contributed by atoms with Gasteiger partial charge in [-0.2, -0.15) is 13.1 Å². The van der Waals surface area contributed by atoms with Crippen LogP contribution in [0.5, 0.6) is 0 Å². The third kappa shape index (κ3) is 4.70. The topological polar surface area (TPSA) is 84.5 Å². The number of methoxy groups -OCH3 is 1. The van der Waals surface area contributed by atoms with Gasteiger partial charge < -0.3 is 4.74 Å². The summed E-state index contributed by atoms with van der Waals surface area (Å²) in [4.78, 5) is 11.4. The number of nitrogens with one attached hydrogen (secondary N) is 2. The Labute approximate surface area is 117 Å². The third-order valence-electron chi connectivity index (χ3n) is 2.17. The highest BCUT2D eigenvalue weighted by atomic mass is 35.5. The Morgan fingerprint density at radius 3 is 2.68 bits per heavy atom. The molecule has 0 aliphatic rings. The summed E-state index contributed by atoms with van der Waals surface area (Å²) in [6.45, 7) is 2.15. The average molecular weight is 307 g/mol. The van der Waals surface area contributed by atoms with Gasteiger partial charge in [0.15, 0.2) is 0 Å². The van der Waals surface area contributed by atoms with Crippen LogP contribution < -0.4 is 9.44 Å². The molecule has 1 rings (SSSR count). The van der Waals surface area contributed by atoms with E-state index < -0.39 is 16.2 Å². The van der Waals surface area contributed by atoms with E-state index in [-0.39, 0.29) is 16.3 Å². The zero-order valence-corrected chi connectivity index (χ0v) is 12.1. The monoisotopic (exact) mass is 306 g/mol. The molecule has 0 saturated heterocycles. The Balaban J connectivity index is 2.97. The number of ether oxygens (including phenoxy) is 1. The second kappa shape index (κ2) is 6.74. The minimum Gasteiger partial charge on any atom is -0.465 e. The second-order valence-electron chi connectivity index (χ2n) is 3.69. The molecule has 0 aromatic heterocycles. The van der Waals surface area contributed by atoms with Gasteiger partial charge in [0.2, 0.25) is 0 Å². The average Bonchev–Trinajstić information content (AvgIpc) is 2.38. The molecular formula is C11H15ClN2O4S. The highest BCUT2D eigenvalue weighted by molar-refractivity contribution is 7.90. The van der Waals surface area contributed by atoms with Gasteiger partial charge in [-0.3, -0.25) is 4.72 Å². The molecule has 106 valence electrons. The lowest BCUT2D eigenvalue weighted by molar-refractivity contribution is 0.0601. The van der Waals surface area contributed by atoms with E-state index in [1.807, 2.05) is 6.92 Å². The SMILES string of the molecule is CCCNS(=O)(=O)Nc1cc(C(=O)OC)ccc1Cl. The summed E-state index contributed by atoms with van der Waals surface area (Å²) >= 11 is 5.88. The van der Waals surface area contributed by atoms with Crippen LogP contribution in [0.3, 0.4) is 0 Å². The van der Waals surface area contributed by atoms with Crippen LogP contribution in [0.25, 0.3) is 0 Å². The number of halogens is 1. The molecular weight excluding hydrogens is 292 g/mol. The van der Waals surface area contributed by atoms with Crippen molar-refractivity contribution in [3.05, 3.63) is 28.8 Å². The Morgan fingerprint density at radius 2 is 2.11 bits per heavy atom. The van der Waals surface area contributed by atoms with Gasteiger partial charge >= 0.3 is 5.97 Å². The van der Waals surface area contributed by atoms with Gasteiger partial charge in [0, 0.05) is 6.54 Å². The number of carbonyl (C=O) groups excluding carboxylic acids is 1. The normalized spacial score (nSPS) is 11.1. The summed E-state index contributed by atoms with van der Waals surface area (Å²) in [5, 5.41) is 0.189. The van der Waals surface area contributed by atoms with Crippen molar-refractivity contribution in [2.45, 2.75) is 13.3 Å². The quantitative estimate of drug-likeness (QED) is 0.785. The van der Waals surface area contributed by atoms with E-state index >= 15 is 0 Å². The summed E-state index contributed by atoms with van der Waals surface area (Å²) in [5.41, 5.74) is 0.327. The van der Waals surface area contributed by atoms with Gasteiger partial charge in [-0.05, 0) is 24.6 Å². The van der Waals surface area contributed by atoms with E-state index in [0.717, 1.165) is 0 Å². The predicted molar refractivity (Wildman–Crippen MR) is 73.6 cm³/mol. The fourth-order valence-electron chi connectivity index (χ4n) is 1.27. The maximum atomic E-state index is 11.7. The van der Waals surface area contributed by atoms with Crippen LogP contribution in [0.2, 0.25) is 5.02 Å². The van der Waals surface area contributed by atoms with Crippen molar-refractivity contribution in [1.82, 2.24) is 4.72 Å². The summed E-state index contributed by atoms with van der Waals surface area (Å²) < 4.78 is 32.5. The Morgan fingerprint density at radius 1 is 1.42 bits per heavy atom. The first kappa shape index (κ1) is 15.7. The van der Waals surface area contributed by atoms with Gasteiger partial charge in [-0.25, -0.2) is 4.79 Å². The van der Waals surface area contributed by atoms with Crippen LogP contribution in [0.4, 0.5) is 5.69 Å². The molecule has 0 aliphatic carbocycles. The van der Waals surface area contributed by atoms with E-state index in [1.165, 1.54) is 25.3 Å². The fourth-order valence-corrected chi connectivity index (χ4v) is 2.49. The molecule has 0 spiro atoms. The van der Waals surface area contributed by atoms with Crippen molar-refractivity contribution in [3.8, 4) is 0 Å². The Bertz CT molecular complexity index is 560. The molecule has 0 bridgehead atoms. The lowest BCUT2D eigenvalue weighted by Crippen LogP contribution is -2.30. The first-order valence-corrected chi connectivity index (χ1v) is 7.41. The van der Waals surface area contributed by atoms with Crippen molar-refractivity contribution >= 4 is 33.5 Å². The van der Waals surface area contributed by atoms with Crippen LogP contribution in [0.1, 0.15) is 23.7 Å². The van der Waals surface area contributed by atoms with Crippen LogP contribution in [0, 0.1) is 0 Å². The highest BCUT2D eigenvalue weighted by Gasteiger charge is 2.14. The number of benzene rings is 1. The van der Waals surface area contributed by atoms with Crippen molar-refractivity contribution < 1.29 is 17.9 Å². The van der Waals surface area contributed by atoms with E-state index in [4.69, 9.17) is 11.6 Å². The van der Waals surface area contributed by atoms with Crippen LogP contribution in [-0.2, 0) is 14.9 Å². The van der Waals surface area contributed by atoms with E-state index in [9.17, 15) is 13.2 Å². The van der Waals surface area contributed by atoms with E-state index in [2.05, 4.69) is 14.2 Å². The maximum Gasteiger partial charge on any atom is 0.337 e. The Hall–Kier alpha value is -1.31. The molecule has 0 fully saturated rings. The Kier molecular flexibility index (Phi) is 5.59. The van der Waals surface area contributed by atoms with Crippen LogP contribution in [0.15, 0.2) is 18.2 Å². The van der Waals surface area contributed by atoms with Gasteiger partial charge in [-0.15, -0.1) is 0 Å². The molecule has 0 radical (unpaired) electrons. The second-order valence-corrected chi connectivity index (χ2v) is 5.59. The number of rotatable bonds is 6. The molecule has 0 heterocycles. The molecule has 0 amide bonds. The van der Waals surface area contributed by atoms with Crippen molar-refractivity contribution in [1.29, 1.82) is 0 Å². The first-order chi connectivity index (χ1) is 8.89. The zero-order valence-electron chi connectivity index (χ0n) is 10.6. The number of hydrogen-bond acceptors (Lipinski definition) is 4. The molecule has 1 aromatic rings. The largest absolute Gasteiger partial charge is 0.465 e. The smallest absolute Gasteiger partial charge is 0.337 e. The number of anilines is 1. The fraction of sp³-hybridized carbons (Fsp3) is 0.364. The first-order valence-electron chi connectivity index (χ1n) is 5.55. The molecule has 1 aromatic carbocycles. The maximum absolute atomic E-state index is 11.7. The zero-order chi connectivity index (χ0) is 14.5.